The summed E-state index contributed by atoms with van der Waals surface area (Å²) in [6, 6.07) is 10.9. The van der Waals surface area contributed by atoms with Gasteiger partial charge in [0.1, 0.15) is 0 Å². The second-order valence-electron chi connectivity index (χ2n) is 5.05. The molecule has 0 bridgehead atoms. The number of rotatable bonds is 9. The van der Waals surface area contributed by atoms with Gasteiger partial charge in [-0.25, -0.2) is 0 Å². The summed E-state index contributed by atoms with van der Waals surface area (Å²) in [4.78, 5) is 0. The zero-order chi connectivity index (χ0) is 13.1. The molecule has 0 fully saturated rings. The third kappa shape index (κ3) is 6.05. The van der Waals surface area contributed by atoms with E-state index in [9.17, 15) is 0 Å². The lowest BCUT2D eigenvalue weighted by molar-refractivity contribution is 0.677. The number of hydrogen-bond donors (Lipinski definition) is 0. The average molecular weight is 244 g/mol. The Hall–Kier alpha value is -1.04. The summed E-state index contributed by atoms with van der Waals surface area (Å²) >= 11 is 0. The Balaban J connectivity index is 2.55. The zero-order valence-electron chi connectivity index (χ0n) is 12.1. The predicted molar refractivity (Wildman–Crippen MR) is 82.7 cm³/mol. The molecule has 1 aromatic rings. The molecule has 0 saturated heterocycles. The largest absolute Gasteiger partial charge is 0.0807 e. The minimum atomic E-state index is 1.23. The van der Waals surface area contributed by atoms with E-state index >= 15 is 0 Å². The molecule has 0 aromatic heterocycles. The van der Waals surface area contributed by atoms with Crippen molar-refractivity contribution in [3.05, 3.63) is 42.0 Å². The van der Waals surface area contributed by atoms with E-state index in [0.717, 1.165) is 0 Å². The second-order valence-corrected chi connectivity index (χ2v) is 5.05. The molecule has 100 valence electrons. The number of allylic oxidation sites excluding steroid dienone is 2. The lowest BCUT2D eigenvalue weighted by Crippen LogP contribution is -1.86. The van der Waals surface area contributed by atoms with E-state index in [1.54, 1.807) is 5.57 Å². The van der Waals surface area contributed by atoms with Crippen LogP contribution in [-0.2, 0) is 0 Å². The van der Waals surface area contributed by atoms with Gasteiger partial charge < -0.3 is 0 Å². The molecule has 1 rings (SSSR count). The molecule has 0 saturated carbocycles. The SMILES string of the molecule is CCCC/C=C(/CCCCCC)c1ccccc1. The molecule has 1 aromatic carbocycles. The van der Waals surface area contributed by atoms with Crippen LogP contribution < -0.4 is 0 Å². The van der Waals surface area contributed by atoms with Gasteiger partial charge in [-0.15, -0.1) is 0 Å². The third-order valence-electron chi connectivity index (χ3n) is 3.39. The van der Waals surface area contributed by atoms with Crippen LogP contribution in [0.25, 0.3) is 5.57 Å². The zero-order valence-corrected chi connectivity index (χ0v) is 12.1. The van der Waals surface area contributed by atoms with Gasteiger partial charge in [0.15, 0.2) is 0 Å². The van der Waals surface area contributed by atoms with Gasteiger partial charge in [-0.2, -0.15) is 0 Å². The van der Waals surface area contributed by atoms with Gasteiger partial charge in [-0.1, -0.05) is 82.4 Å². The summed E-state index contributed by atoms with van der Waals surface area (Å²) in [6.07, 6.45) is 12.9. The maximum Gasteiger partial charge on any atom is -0.0228 e. The van der Waals surface area contributed by atoms with Gasteiger partial charge in [0.25, 0.3) is 0 Å². The van der Waals surface area contributed by atoms with Crippen molar-refractivity contribution in [3.8, 4) is 0 Å². The number of hydrogen-bond acceptors (Lipinski definition) is 0. The van der Waals surface area contributed by atoms with Crippen molar-refractivity contribution in [2.75, 3.05) is 0 Å². The van der Waals surface area contributed by atoms with E-state index in [4.69, 9.17) is 0 Å². The van der Waals surface area contributed by atoms with Crippen LogP contribution in [0.5, 0.6) is 0 Å². The highest BCUT2D eigenvalue weighted by molar-refractivity contribution is 5.65. The maximum absolute atomic E-state index is 2.46. The van der Waals surface area contributed by atoms with Crippen molar-refractivity contribution < 1.29 is 0 Å². The highest BCUT2D eigenvalue weighted by Crippen LogP contribution is 2.22. The standard InChI is InChI=1S/C18H28/c1-3-5-7-10-14-17(13-9-6-4-2)18-15-11-8-12-16-18/h8,11-13,15-16H,3-7,9-10,14H2,1-2H3/b17-13-. The first-order valence-corrected chi connectivity index (χ1v) is 7.63. The molecule has 0 aliphatic carbocycles. The fourth-order valence-electron chi connectivity index (χ4n) is 2.24. The van der Waals surface area contributed by atoms with E-state index in [1.807, 2.05) is 0 Å². The minimum Gasteiger partial charge on any atom is -0.0807 e. The molecule has 0 nitrogen and oxygen atoms in total. The molecule has 0 amide bonds. The van der Waals surface area contributed by atoms with Crippen molar-refractivity contribution in [1.29, 1.82) is 0 Å². The highest BCUT2D eigenvalue weighted by Gasteiger charge is 2.00. The summed E-state index contributed by atoms with van der Waals surface area (Å²) in [5.74, 6) is 0. The third-order valence-corrected chi connectivity index (χ3v) is 3.39. The first-order valence-electron chi connectivity index (χ1n) is 7.63. The summed E-state index contributed by atoms with van der Waals surface area (Å²) in [7, 11) is 0. The average Bonchev–Trinajstić information content (AvgIpc) is 2.42. The van der Waals surface area contributed by atoms with Crippen LogP contribution in [0.4, 0.5) is 0 Å². The molecule has 0 aliphatic heterocycles. The van der Waals surface area contributed by atoms with Crippen LogP contribution in [0, 0.1) is 0 Å². The Bertz CT molecular complexity index is 321. The molecular weight excluding hydrogens is 216 g/mol. The van der Waals surface area contributed by atoms with Gasteiger partial charge >= 0.3 is 0 Å². The van der Waals surface area contributed by atoms with Gasteiger partial charge in [0.2, 0.25) is 0 Å². The molecule has 0 atom stereocenters. The Morgan fingerprint density at radius 2 is 1.61 bits per heavy atom. The molecule has 0 unspecified atom stereocenters. The van der Waals surface area contributed by atoms with Crippen molar-refractivity contribution in [2.45, 2.75) is 65.2 Å². The van der Waals surface area contributed by atoms with Crippen LogP contribution in [0.1, 0.15) is 70.8 Å². The van der Waals surface area contributed by atoms with E-state index in [2.05, 4.69) is 50.3 Å². The fraction of sp³-hybridized carbons (Fsp3) is 0.556. The molecule has 18 heavy (non-hydrogen) atoms. The quantitative estimate of drug-likeness (QED) is 0.452. The summed E-state index contributed by atoms with van der Waals surface area (Å²) < 4.78 is 0. The number of benzene rings is 1. The van der Waals surface area contributed by atoms with E-state index < -0.39 is 0 Å². The van der Waals surface area contributed by atoms with Gasteiger partial charge in [-0.3, -0.25) is 0 Å². The topological polar surface area (TPSA) is 0 Å². The van der Waals surface area contributed by atoms with Gasteiger partial charge in [0, 0.05) is 0 Å². The Morgan fingerprint density at radius 3 is 2.28 bits per heavy atom. The Kier molecular flexibility index (Phi) is 8.29. The van der Waals surface area contributed by atoms with Crippen molar-refractivity contribution in [3.63, 3.8) is 0 Å². The molecule has 0 spiro atoms. The normalized spacial score (nSPS) is 11.8. The van der Waals surface area contributed by atoms with E-state index in [0.29, 0.717) is 0 Å². The molecular formula is C18H28. The van der Waals surface area contributed by atoms with Crippen molar-refractivity contribution in [2.24, 2.45) is 0 Å². The molecule has 0 aliphatic rings. The highest BCUT2D eigenvalue weighted by atomic mass is 14.1. The monoisotopic (exact) mass is 244 g/mol. The smallest absolute Gasteiger partial charge is 0.0228 e. The van der Waals surface area contributed by atoms with Crippen LogP contribution in [-0.4, -0.2) is 0 Å². The first-order chi connectivity index (χ1) is 8.88. The molecule has 0 heteroatoms. The first kappa shape index (κ1) is 15.0. The van der Waals surface area contributed by atoms with E-state index in [1.165, 1.54) is 56.9 Å². The van der Waals surface area contributed by atoms with Gasteiger partial charge in [0.05, 0.1) is 0 Å². The summed E-state index contributed by atoms with van der Waals surface area (Å²) in [5, 5.41) is 0. The summed E-state index contributed by atoms with van der Waals surface area (Å²) in [5.41, 5.74) is 2.98. The van der Waals surface area contributed by atoms with Crippen LogP contribution in [0.2, 0.25) is 0 Å². The molecule has 0 heterocycles. The number of unbranched alkanes of at least 4 members (excludes halogenated alkanes) is 5. The van der Waals surface area contributed by atoms with Gasteiger partial charge in [-0.05, 0) is 30.4 Å². The Labute approximate surface area is 113 Å². The summed E-state index contributed by atoms with van der Waals surface area (Å²) in [6.45, 7) is 4.53. The van der Waals surface area contributed by atoms with Crippen LogP contribution in [0.15, 0.2) is 36.4 Å². The van der Waals surface area contributed by atoms with Crippen molar-refractivity contribution >= 4 is 5.57 Å². The minimum absolute atomic E-state index is 1.23. The molecule has 0 N–H and O–H groups in total. The van der Waals surface area contributed by atoms with Crippen LogP contribution >= 0.6 is 0 Å². The molecule has 0 radical (unpaired) electrons. The van der Waals surface area contributed by atoms with Crippen molar-refractivity contribution in [1.82, 2.24) is 0 Å². The predicted octanol–water partition coefficient (Wildman–Crippen LogP) is 6.23. The fourth-order valence-corrected chi connectivity index (χ4v) is 2.24. The Morgan fingerprint density at radius 1 is 0.889 bits per heavy atom. The lowest BCUT2D eigenvalue weighted by atomic mass is 9.98. The lowest BCUT2D eigenvalue weighted by Gasteiger charge is -2.08. The van der Waals surface area contributed by atoms with Crippen LogP contribution in [0.3, 0.4) is 0 Å². The maximum atomic E-state index is 2.46. The second kappa shape index (κ2) is 9.94. The van der Waals surface area contributed by atoms with E-state index in [-0.39, 0.29) is 0 Å².